The molecule has 38 heavy (non-hydrogen) atoms. The number of hydrogen-bond donors (Lipinski definition) is 0. The van der Waals surface area contributed by atoms with E-state index in [0.717, 1.165) is 36.2 Å². The van der Waals surface area contributed by atoms with E-state index in [0.29, 0.717) is 0 Å². The van der Waals surface area contributed by atoms with Gasteiger partial charge in [0.05, 0.1) is 26.6 Å². The number of para-hydroxylation sites is 1. The molecule has 0 aliphatic heterocycles. The number of nitrogens with zero attached hydrogens (tertiary/aromatic N) is 1. The third-order valence-corrected chi connectivity index (χ3v) is 7.46. The van der Waals surface area contributed by atoms with E-state index in [1.807, 2.05) is 25.1 Å². The van der Waals surface area contributed by atoms with E-state index in [9.17, 15) is 4.79 Å². The lowest BCUT2D eigenvalue weighted by molar-refractivity contribution is -0.904. The van der Waals surface area contributed by atoms with Gasteiger partial charge in [0.1, 0.15) is 12.3 Å². The van der Waals surface area contributed by atoms with Crippen LogP contribution in [0.25, 0.3) is 0 Å². The topological polar surface area (TPSA) is 35.5 Å². The third-order valence-electron chi connectivity index (χ3n) is 7.46. The van der Waals surface area contributed by atoms with Crippen molar-refractivity contribution in [1.29, 1.82) is 0 Å². The number of rotatable bonds is 21. The van der Waals surface area contributed by atoms with Crippen molar-refractivity contribution in [2.24, 2.45) is 5.92 Å². The van der Waals surface area contributed by atoms with Crippen LogP contribution >= 0.6 is 0 Å². The van der Waals surface area contributed by atoms with Gasteiger partial charge < -0.3 is 14.0 Å². The highest BCUT2D eigenvalue weighted by Crippen LogP contribution is 2.21. The number of unbranched alkanes of at least 4 members (excludes halogenated alkanes) is 10. The van der Waals surface area contributed by atoms with Gasteiger partial charge >= 0.3 is 5.97 Å². The molecule has 1 atom stereocenters. The van der Waals surface area contributed by atoms with Gasteiger partial charge in [-0.2, -0.15) is 0 Å². The highest BCUT2D eigenvalue weighted by molar-refractivity contribution is 5.71. The van der Waals surface area contributed by atoms with Crippen molar-refractivity contribution in [2.45, 2.75) is 104 Å². The monoisotopic (exact) mass is 524 g/mol. The molecule has 0 saturated carbocycles. The van der Waals surface area contributed by atoms with Crippen molar-refractivity contribution in [3.63, 3.8) is 0 Å². The average molecular weight is 525 g/mol. The summed E-state index contributed by atoms with van der Waals surface area (Å²) in [6.45, 7) is 6.05. The highest BCUT2D eigenvalue weighted by atomic mass is 16.7. The minimum absolute atomic E-state index is 0.0271. The average Bonchev–Trinajstić information content (AvgIpc) is 2.91. The highest BCUT2D eigenvalue weighted by Gasteiger charge is 2.22. The predicted molar refractivity (Wildman–Crippen MR) is 159 cm³/mol. The Bertz CT molecular complexity index is 880. The lowest BCUT2D eigenvalue weighted by Crippen LogP contribution is -2.40. The number of hydrogen-bond acceptors (Lipinski definition) is 3. The molecule has 0 aliphatic carbocycles. The number of carbonyl (C=O) groups is 1. The molecule has 0 spiro atoms. The van der Waals surface area contributed by atoms with Crippen LogP contribution in [0.2, 0.25) is 0 Å². The molecule has 2 rings (SSSR count). The lowest BCUT2D eigenvalue weighted by Gasteiger charge is -2.30. The molecule has 0 N–H and O–H groups in total. The fourth-order valence-electron chi connectivity index (χ4n) is 4.94. The van der Waals surface area contributed by atoms with Crippen molar-refractivity contribution in [2.75, 3.05) is 27.4 Å². The quantitative estimate of drug-likeness (QED) is 0.0709. The summed E-state index contributed by atoms with van der Waals surface area (Å²) in [6.07, 6.45) is 16.6. The fourth-order valence-corrected chi connectivity index (χ4v) is 4.94. The van der Waals surface area contributed by atoms with Crippen LogP contribution in [-0.4, -0.2) is 37.9 Å². The summed E-state index contributed by atoms with van der Waals surface area (Å²) < 4.78 is 12.2. The molecule has 2 aromatic rings. The summed E-state index contributed by atoms with van der Waals surface area (Å²) in [5.41, 5.74) is 2.51. The number of ether oxygens (including phenoxy) is 2. The lowest BCUT2D eigenvalue weighted by atomic mass is 10.0. The summed E-state index contributed by atoms with van der Waals surface area (Å²) in [7, 11) is 4.42. The van der Waals surface area contributed by atoms with E-state index in [2.05, 4.69) is 57.4 Å². The molecule has 0 aliphatic rings. The van der Waals surface area contributed by atoms with E-state index in [1.54, 1.807) is 0 Å². The fraction of sp³-hybridized carbons (Fsp3) is 0.618. The normalized spacial score (nSPS) is 12.3. The summed E-state index contributed by atoms with van der Waals surface area (Å²) in [6, 6.07) is 18.7. The van der Waals surface area contributed by atoms with Gasteiger partial charge in [-0.15, -0.1) is 0 Å². The Labute approximate surface area is 233 Å². The Morgan fingerprint density at radius 2 is 1.37 bits per heavy atom. The van der Waals surface area contributed by atoms with Crippen LogP contribution in [0, 0.1) is 5.92 Å². The summed E-state index contributed by atoms with van der Waals surface area (Å²) >= 11 is 0. The minimum atomic E-state index is -0.187. The van der Waals surface area contributed by atoms with Gasteiger partial charge in [-0.3, -0.25) is 4.79 Å². The van der Waals surface area contributed by atoms with Gasteiger partial charge in [-0.05, 0) is 24.5 Å². The van der Waals surface area contributed by atoms with E-state index in [4.69, 9.17) is 9.47 Å². The van der Waals surface area contributed by atoms with Gasteiger partial charge in [0.25, 0.3) is 0 Å². The van der Waals surface area contributed by atoms with Gasteiger partial charge in [-0.25, -0.2) is 0 Å². The predicted octanol–water partition coefficient (Wildman–Crippen LogP) is 8.72. The van der Waals surface area contributed by atoms with Crippen molar-refractivity contribution in [1.82, 2.24) is 0 Å². The standard InChI is InChI=1S/C34H54NO3/c1-5-6-7-8-9-10-11-12-13-14-18-23-32-24-19-20-25-33(32)37-29-38-34(36)30(2)26-27-35(3,4)28-31-21-16-15-17-22-31/h15-17,19-22,24-25,30H,5-14,18,23,26-29H2,1-4H3/q+1. The number of carbonyl (C=O) groups excluding carboxylic acids is 1. The molecule has 4 nitrogen and oxygen atoms in total. The van der Waals surface area contributed by atoms with Crippen LogP contribution in [0.5, 0.6) is 5.75 Å². The SMILES string of the molecule is CCCCCCCCCCCCCc1ccccc1OCOC(=O)C(C)CC[N+](C)(C)Cc1ccccc1. The van der Waals surface area contributed by atoms with Gasteiger partial charge in [0.15, 0.2) is 0 Å². The van der Waals surface area contributed by atoms with Gasteiger partial charge in [0, 0.05) is 12.0 Å². The first kappa shape index (κ1) is 31.9. The molecule has 0 amide bonds. The van der Waals surface area contributed by atoms with Crippen LogP contribution < -0.4 is 4.74 Å². The van der Waals surface area contributed by atoms with Crippen molar-refractivity contribution < 1.29 is 18.8 Å². The Morgan fingerprint density at radius 3 is 2.03 bits per heavy atom. The maximum absolute atomic E-state index is 12.6. The molecular formula is C34H54NO3+. The smallest absolute Gasteiger partial charge is 0.311 e. The summed E-state index contributed by atoms with van der Waals surface area (Å²) in [5, 5.41) is 0. The Balaban J connectivity index is 1.61. The van der Waals surface area contributed by atoms with Crippen LogP contribution in [0.1, 0.15) is 102 Å². The Morgan fingerprint density at radius 1 is 0.789 bits per heavy atom. The van der Waals surface area contributed by atoms with E-state index in [1.165, 1.54) is 81.8 Å². The molecule has 0 bridgehead atoms. The minimum Gasteiger partial charge on any atom is -0.457 e. The number of quaternary nitrogens is 1. The van der Waals surface area contributed by atoms with Gasteiger partial charge in [0.2, 0.25) is 6.79 Å². The Kier molecular flexibility index (Phi) is 15.8. The molecule has 0 radical (unpaired) electrons. The first-order valence-corrected chi connectivity index (χ1v) is 15.1. The van der Waals surface area contributed by atoms with E-state index in [-0.39, 0.29) is 18.7 Å². The summed E-state index contributed by atoms with van der Waals surface area (Å²) in [5.74, 6) is 0.492. The van der Waals surface area contributed by atoms with Crippen LogP contribution in [0.3, 0.4) is 0 Å². The Hall–Kier alpha value is -2.33. The zero-order chi connectivity index (χ0) is 27.5. The summed E-state index contributed by atoms with van der Waals surface area (Å²) in [4.78, 5) is 12.6. The third kappa shape index (κ3) is 14.0. The molecule has 0 fully saturated rings. The largest absolute Gasteiger partial charge is 0.457 e. The second-order valence-electron chi connectivity index (χ2n) is 11.6. The first-order valence-electron chi connectivity index (χ1n) is 15.1. The molecule has 212 valence electrons. The number of aryl methyl sites for hydroxylation is 1. The van der Waals surface area contributed by atoms with E-state index >= 15 is 0 Å². The second-order valence-corrected chi connectivity index (χ2v) is 11.6. The molecule has 2 aromatic carbocycles. The zero-order valence-electron chi connectivity index (χ0n) is 24.8. The maximum Gasteiger partial charge on any atom is 0.311 e. The number of esters is 1. The van der Waals surface area contributed by atoms with Crippen molar-refractivity contribution >= 4 is 5.97 Å². The van der Waals surface area contributed by atoms with Gasteiger partial charge in [-0.1, -0.05) is 127 Å². The molecule has 0 heterocycles. The molecular weight excluding hydrogens is 470 g/mol. The molecule has 0 aromatic heterocycles. The van der Waals surface area contributed by atoms with Crippen LogP contribution in [0.4, 0.5) is 0 Å². The number of benzene rings is 2. The maximum atomic E-state index is 12.6. The molecule has 1 unspecified atom stereocenters. The van der Waals surface area contributed by atoms with Crippen molar-refractivity contribution in [3.05, 3.63) is 65.7 Å². The van der Waals surface area contributed by atoms with Crippen molar-refractivity contribution in [3.8, 4) is 5.75 Å². The van der Waals surface area contributed by atoms with Crippen LogP contribution in [-0.2, 0) is 22.5 Å². The van der Waals surface area contributed by atoms with Crippen LogP contribution in [0.15, 0.2) is 54.6 Å². The zero-order valence-corrected chi connectivity index (χ0v) is 24.8. The second kappa shape index (κ2) is 18.8. The van der Waals surface area contributed by atoms with E-state index < -0.39 is 0 Å². The first-order chi connectivity index (χ1) is 18.4. The molecule has 4 heteroatoms. The molecule has 0 saturated heterocycles.